The minimum atomic E-state index is -0.685. The normalized spacial score (nSPS) is 14.3. The van der Waals surface area contributed by atoms with Gasteiger partial charge in [0.25, 0.3) is 5.91 Å². The maximum absolute atomic E-state index is 12.3. The first-order valence-corrected chi connectivity index (χ1v) is 9.55. The van der Waals surface area contributed by atoms with Gasteiger partial charge in [0, 0.05) is 5.02 Å². The molecule has 0 spiro atoms. The van der Waals surface area contributed by atoms with E-state index in [2.05, 4.69) is 5.32 Å². The highest BCUT2D eigenvalue weighted by Gasteiger charge is 2.26. The summed E-state index contributed by atoms with van der Waals surface area (Å²) >= 11 is 6.12. The molecule has 1 aliphatic heterocycles. The van der Waals surface area contributed by atoms with Crippen molar-refractivity contribution in [1.82, 2.24) is 5.32 Å². The summed E-state index contributed by atoms with van der Waals surface area (Å²) in [6, 6.07) is 13.8. The van der Waals surface area contributed by atoms with Crippen LogP contribution in [0.3, 0.4) is 0 Å². The number of hydrogen-bond acceptors (Lipinski definition) is 5. The fraction of sp³-hybridized carbons (Fsp3) is 0.286. The molecule has 0 saturated carbocycles. The number of ether oxygens (including phenoxy) is 2. The molecular weight excluding hydrogens is 396 g/mol. The molecule has 3 rings (SSSR count). The molecule has 0 radical (unpaired) electrons. The monoisotopic (exact) mass is 416 g/mol. The molecule has 1 aliphatic rings. The number of halogens is 1. The van der Waals surface area contributed by atoms with Gasteiger partial charge in [-0.05, 0) is 30.7 Å². The van der Waals surface area contributed by atoms with E-state index < -0.39 is 18.5 Å². The van der Waals surface area contributed by atoms with Crippen LogP contribution in [-0.4, -0.2) is 37.5 Å². The highest BCUT2D eigenvalue weighted by Crippen LogP contribution is 2.30. The van der Waals surface area contributed by atoms with Gasteiger partial charge in [-0.1, -0.05) is 41.9 Å². The summed E-state index contributed by atoms with van der Waals surface area (Å²) in [7, 11) is 0. The Labute approximate surface area is 173 Å². The van der Waals surface area contributed by atoms with Gasteiger partial charge >= 0.3 is 5.97 Å². The Morgan fingerprint density at radius 3 is 2.72 bits per heavy atom. The maximum atomic E-state index is 12.3. The van der Waals surface area contributed by atoms with Crippen LogP contribution >= 0.6 is 11.6 Å². The fourth-order valence-electron chi connectivity index (χ4n) is 3.00. The van der Waals surface area contributed by atoms with Gasteiger partial charge in [-0.15, -0.1) is 0 Å². The molecule has 0 aromatic heterocycles. The number of carbonyl (C=O) groups excluding carboxylic acids is 3. The van der Waals surface area contributed by atoms with E-state index in [9.17, 15) is 14.4 Å². The molecule has 2 aromatic rings. The van der Waals surface area contributed by atoms with Crippen molar-refractivity contribution < 1.29 is 23.9 Å². The Kier molecular flexibility index (Phi) is 6.72. The molecule has 152 valence electrons. The minimum absolute atomic E-state index is 0.151. The summed E-state index contributed by atoms with van der Waals surface area (Å²) in [5.41, 5.74) is 1.27. The SMILES string of the molecule is C[C@@H](NC(=O)COC(=O)CN1C(=O)CCOc2ccccc21)c1ccccc1Cl. The fourth-order valence-corrected chi connectivity index (χ4v) is 3.30. The zero-order valence-electron chi connectivity index (χ0n) is 15.9. The van der Waals surface area contributed by atoms with E-state index in [-0.39, 0.29) is 31.5 Å². The number of benzene rings is 2. The number of hydrogen-bond donors (Lipinski definition) is 1. The standard InChI is InChI=1S/C21H21ClN2O5/c1-14(15-6-2-3-7-16(15)22)23-19(25)13-29-21(27)12-24-17-8-4-5-9-18(17)28-11-10-20(24)26/h2-9,14H,10-13H2,1H3,(H,23,25)/t14-/m1/s1. The van der Waals surface area contributed by atoms with Crippen LogP contribution in [-0.2, 0) is 19.1 Å². The van der Waals surface area contributed by atoms with E-state index in [4.69, 9.17) is 21.1 Å². The zero-order valence-corrected chi connectivity index (χ0v) is 16.6. The molecule has 7 nitrogen and oxygen atoms in total. The van der Waals surface area contributed by atoms with Crippen molar-refractivity contribution in [2.24, 2.45) is 0 Å². The number of carbonyl (C=O) groups is 3. The van der Waals surface area contributed by atoms with E-state index in [1.54, 1.807) is 43.3 Å². The van der Waals surface area contributed by atoms with Crippen molar-refractivity contribution in [3.63, 3.8) is 0 Å². The van der Waals surface area contributed by atoms with Gasteiger partial charge in [0.15, 0.2) is 6.61 Å². The third kappa shape index (κ3) is 5.26. The van der Waals surface area contributed by atoms with Crippen molar-refractivity contribution in [1.29, 1.82) is 0 Å². The molecule has 0 unspecified atom stereocenters. The maximum Gasteiger partial charge on any atom is 0.326 e. The third-order valence-corrected chi connectivity index (χ3v) is 4.78. The van der Waals surface area contributed by atoms with Gasteiger partial charge in [0.1, 0.15) is 12.3 Å². The summed E-state index contributed by atoms with van der Waals surface area (Å²) in [6.07, 6.45) is 0.151. The van der Waals surface area contributed by atoms with Crippen LogP contribution in [0.15, 0.2) is 48.5 Å². The summed E-state index contributed by atoms with van der Waals surface area (Å²) in [6.45, 7) is 1.28. The minimum Gasteiger partial charge on any atom is -0.491 e. The van der Waals surface area contributed by atoms with Gasteiger partial charge < -0.3 is 14.8 Å². The molecule has 0 bridgehead atoms. The summed E-state index contributed by atoms with van der Waals surface area (Å²) in [5, 5.41) is 3.27. The van der Waals surface area contributed by atoms with Gasteiger partial charge in [-0.2, -0.15) is 0 Å². The average molecular weight is 417 g/mol. The first-order valence-electron chi connectivity index (χ1n) is 9.17. The summed E-state index contributed by atoms with van der Waals surface area (Å²) < 4.78 is 10.6. The smallest absolute Gasteiger partial charge is 0.326 e. The summed E-state index contributed by atoms with van der Waals surface area (Å²) in [4.78, 5) is 38.0. The number of anilines is 1. The van der Waals surface area contributed by atoms with Crippen molar-refractivity contribution in [3.8, 4) is 5.75 Å². The van der Waals surface area contributed by atoms with Gasteiger partial charge in [0.2, 0.25) is 5.91 Å². The lowest BCUT2D eigenvalue weighted by Gasteiger charge is -2.21. The number of fused-ring (bicyclic) bond motifs is 1. The topological polar surface area (TPSA) is 84.9 Å². The second-order valence-electron chi connectivity index (χ2n) is 6.52. The first kappa shape index (κ1) is 20.7. The Balaban J connectivity index is 1.55. The highest BCUT2D eigenvalue weighted by molar-refractivity contribution is 6.31. The lowest BCUT2D eigenvalue weighted by Crippen LogP contribution is -2.38. The number of nitrogens with zero attached hydrogens (tertiary/aromatic N) is 1. The van der Waals surface area contributed by atoms with Crippen molar-refractivity contribution in [2.75, 3.05) is 24.7 Å². The zero-order chi connectivity index (χ0) is 20.8. The lowest BCUT2D eigenvalue weighted by molar-refractivity contribution is -0.147. The highest BCUT2D eigenvalue weighted by atomic mass is 35.5. The predicted molar refractivity (Wildman–Crippen MR) is 108 cm³/mol. The lowest BCUT2D eigenvalue weighted by atomic mass is 10.1. The molecule has 8 heteroatoms. The summed E-state index contributed by atoms with van der Waals surface area (Å²) in [5.74, 6) is -0.867. The van der Waals surface area contributed by atoms with E-state index in [0.29, 0.717) is 16.5 Å². The number of esters is 1. The second kappa shape index (κ2) is 9.43. The van der Waals surface area contributed by atoms with Gasteiger partial charge in [-0.3, -0.25) is 19.3 Å². The van der Waals surface area contributed by atoms with Crippen LogP contribution in [0, 0.1) is 0 Å². The third-order valence-electron chi connectivity index (χ3n) is 4.43. The van der Waals surface area contributed by atoms with E-state index in [1.165, 1.54) is 4.90 Å². The quantitative estimate of drug-likeness (QED) is 0.732. The Morgan fingerprint density at radius 1 is 1.21 bits per heavy atom. The molecular formula is C21H21ClN2O5. The Hall–Kier alpha value is -3.06. The molecule has 2 aromatic carbocycles. The van der Waals surface area contributed by atoms with Crippen molar-refractivity contribution in [3.05, 3.63) is 59.1 Å². The molecule has 0 fully saturated rings. The average Bonchev–Trinajstić information content (AvgIpc) is 2.86. The largest absolute Gasteiger partial charge is 0.491 e. The number of amides is 2. The Bertz CT molecular complexity index is 917. The van der Waals surface area contributed by atoms with Crippen LogP contribution in [0.4, 0.5) is 5.69 Å². The van der Waals surface area contributed by atoms with Crippen LogP contribution in [0.2, 0.25) is 5.02 Å². The van der Waals surface area contributed by atoms with Crippen molar-refractivity contribution >= 4 is 35.1 Å². The molecule has 29 heavy (non-hydrogen) atoms. The van der Waals surface area contributed by atoms with Crippen molar-refractivity contribution in [2.45, 2.75) is 19.4 Å². The van der Waals surface area contributed by atoms with Gasteiger partial charge in [-0.25, -0.2) is 0 Å². The number of nitrogens with one attached hydrogen (secondary N) is 1. The molecule has 1 N–H and O–H groups in total. The molecule has 1 heterocycles. The second-order valence-corrected chi connectivity index (χ2v) is 6.92. The van der Waals surface area contributed by atoms with E-state index in [0.717, 1.165) is 5.56 Å². The van der Waals surface area contributed by atoms with Crippen LogP contribution in [0.5, 0.6) is 5.75 Å². The van der Waals surface area contributed by atoms with Crippen LogP contribution < -0.4 is 15.0 Å². The molecule has 1 atom stereocenters. The van der Waals surface area contributed by atoms with Crippen LogP contribution in [0.25, 0.3) is 0 Å². The molecule has 0 saturated heterocycles. The molecule has 2 amide bonds. The predicted octanol–water partition coefficient (Wildman–Crippen LogP) is 2.88. The Morgan fingerprint density at radius 2 is 1.93 bits per heavy atom. The first-order chi connectivity index (χ1) is 14.0. The van der Waals surface area contributed by atoms with E-state index in [1.807, 2.05) is 12.1 Å². The van der Waals surface area contributed by atoms with E-state index >= 15 is 0 Å². The number of para-hydroxylation sites is 2. The molecule has 0 aliphatic carbocycles. The van der Waals surface area contributed by atoms with Crippen LogP contribution in [0.1, 0.15) is 24.9 Å². The number of rotatable bonds is 6. The van der Waals surface area contributed by atoms with Gasteiger partial charge in [0.05, 0.1) is 24.8 Å².